The monoisotopic (exact) mass is 466 g/mol. The molecule has 1 fully saturated rings. The number of nitrogens with zero attached hydrogens (tertiary/aromatic N) is 1. The highest BCUT2D eigenvalue weighted by Crippen LogP contribution is 2.27. The third-order valence-corrected chi connectivity index (χ3v) is 7.27. The maximum Gasteiger partial charge on any atom is 0.243 e. The number of methoxy groups -OCH3 is 1. The van der Waals surface area contributed by atoms with Crippen LogP contribution in [0.25, 0.3) is 0 Å². The zero-order chi connectivity index (χ0) is 20.1. The molecule has 1 aliphatic rings. The van der Waals surface area contributed by atoms with E-state index in [0.29, 0.717) is 18.7 Å². The van der Waals surface area contributed by atoms with E-state index >= 15 is 0 Å². The fraction of sp³-hybridized carbons (Fsp3) is 0.350. The van der Waals surface area contributed by atoms with E-state index in [9.17, 15) is 13.2 Å². The molecule has 3 rings (SSSR count). The van der Waals surface area contributed by atoms with Crippen molar-refractivity contribution in [3.8, 4) is 5.75 Å². The van der Waals surface area contributed by atoms with Crippen molar-refractivity contribution in [2.24, 2.45) is 0 Å². The number of carbonyl (C=O) groups is 1. The van der Waals surface area contributed by atoms with Gasteiger partial charge in [-0.3, -0.25) is 4.79 Å². The van der Waals surface area contributed by atoms with Gasteiger partial charge in [0, 0.05) is 23.1 Å². The van der Waals surface area contributed by atoms with Gasteiger partial charge in [0.2, 0.25) is 15.9 Å². The van der Waals surface area contributed by atoms with Crippen LogP contribution in [0.1, 0.15) is 24.8 Å². The van der Waals surface area contributed by atoms with Gasteiger partial charge in [0.1, 0.15) is 11.8 Å². The summed E-state index contributed by atoms with van der Waals surface area (Å²) in [6, 6.07) is 13.2. The summed E-state index contributed by atoms with van der Waals surface area (Å²) in [6.45, 7) is 0.622. The molecule has 0 aromatic heterocycles. The van der Waals surface area contributed by atoms with Gasteiger partial charge in [-0.15, -0.1) is 0 Å². The Bertz CT molecular complexity index is 931. The molecule has 0 spiro atoms. The van der Waals surface area contributed by atoms with Crippen LogP contribution in [0.4, 0.5) is 0 Å². The Hall–Kier alpha value is -1.90. The number of carbonyl (C=O) groups excluding carboxylic acids is 1. The molecule has 1 aliphatic heterocycles. The molecule has 2 aromatic carbocycles. The average Bonchev–Trinajstić information content (AvgIpc) is 2.72. The quantitative estimate of drug-likeness (QED) is 0.708. The number of hydrogen-bond acceptors (Lipinski definition) is 4. The summed E-state index contributed by atoms with van der Waals surface area (Å²) in [7, 11) is -2.16. The summed E-state index contributed by atoms with van der Waals surface area (Å²) in [6.07, 6.45) is 2.07. The highest BCUT2D eigenvalue weighted by atomic mass is 79.9. The van der Waals surface area contributed by atoms with E-state index in [-0.39, 0.29) is 17.3 Å². The molecule has 28 heavy (non-hydrogen) atoms. The molecule has 1 heterocycles. The second-order valence-electron chi connectivity index (χ2n) is 6.61. The van der Waals surface area contributed by atoms with Gasteiger partial charge < -0.3 is 10.1 Å². The summed E-state index contributed by atoms with van der Waals surface area (Å²) >= 11 is 3.31. The second-order valence-corrected chi connectivity index (χ2v) is 9.42. The number of benzene rings is 2. The zero-order valence-electron chi connectivity index (χ0n) is 15.6. The molecule has 1 N–H and O–H groups in total. The Morgan fingerprint density at radius 1 is 1.18 bits per heavy atom. The van der Waals surface area contributed by atoms with Crippen LogP contribution < -0.4 is 10.1 Å². The van der Waals surface area contributed by atoms with Crippen molar-refractivity contribution in [1.82, 2.24) is 9.62 Å². The number of hydrogen-bond donors (Lipinski definition) is 1. The predicted molar refractivity (Wildman–Crippen MR) is 111 cm³/mol. The lowest BCUT2D eigenvalue weighted by Crippen LogP contribution is -2.51. The molecule has 0 aliphatic carbocycles. The molecule has 0 radical (unpaired) electrons. The van der Waals surface area contributed by atoms with E-state index in [2.05, 4.69) is 21.2 Å². The van der Waals surface area contributed by atoms with Crippen molar-refractivity contribution in [3.63, 3.8) is 0 Å². The van der Waals surface area contributed by atoms with Crippen molar-refractivity contribution in [3.05, 3.63) is 58.6 Å². The minimum atomic E-state index is -3.74. The highest BCUT2D eigenvalue weighted by Gasteiger charge is 2.37. The highest BCUT2D eigenvalue weighted by molar-refractivity contribution is 9.10. The van der Waals surface area contributed by atoms with Gasteiger partial charge in [-0.25, -0.2) is 8.42 Å². The summed E-state index contributed by atoms with van der Waals surface area (Å²) in [5.74, 6) is 0.400. The Morgan fingerprint density at radius 3 is 2.61 bits per heavy atom. The van der Waals surface area contributed by atoms with Crippen molar-refractivity contribution in [2.45, 2.75) is 36.7 Å². The average molecular weight is 467 g/mol. The fourth-order valence-corrected chi connectivity index (χ4v) is 5.27. The lowest BCUT2D eigenvalue weighted by atomic mass is 10.0. The van der Waals surface area contributed by atoms with E-state index in [4.69, 9.17) is 4.74 Å². The first-order chi connectivity index (χ1) is 13.4. The molecular formula is C20H23BrN2O4S. The van der Waals surface area contributed by atoms with Gasteiger partial charge in [-0.05, 0) is 43.2 Å². The summed E-state index contributed by atoms with van der Waals surface area (Å²) in [5.41, 5.74) is 0.844. The maximum atomic E-state index is 13.1. The smallest absolute Gasteiger partial charge is 0.243 e. The number of para-hydroxylation sites is 1. The number of rotatable bonds is 6. The molecule has 0 unspecified atom stereocenters. The molecule has 0 bridgehead atoms. The Morgan fingerprint density at radius 2 is 1.89 bits per heavy atom. The molecule has 8 heteroatoms. The van der Waals surface area contributed by atoms with E-state index in [0.717, 1.165) is 22.9 Å². The third kappa shape index (κ3) is 4.56. The Balaban J connectivity index is 1.77. The van der Waals surface area contributed by atoms with Crippen LogP contribution >= 0.6 is 15.9 Å². The fourth-order valence-electron chi connectivity index (χ4n) is 3.35. The summed E-state index contributed by atoms with van der Waals surface area (Å²) < 4.78 is 33.6. The molecule has 1 atom stereocenters. The van der Waals surface area contributed by atoms with Crippen LogP contribution in [0.2, 0.25) is 0 Å². The number of nitrogens with one attached hydrogen (secondary N) is 1. The first kappa shape index (κ1) is 20.8. The predicted octanol–water partition coefficient (Wildman–Crippen LogP) is 3.32. The van der Waals surface area contributed by atoms with Crippen molar-refractivity contribution in [2.75, 3.05) is 13.7 Å². The molecule has 1 amide bonds. The van der Waals surface area contributed by atoms with Gasteiger partial charge in [0.15, 0.2) is 0 Å². The van der Waals surface area contributed by atoms with Crippen molar-refractivity contribution >= 4 is 31.9 Å². The van der Waals surface area contributed by atoms with Gasteiger partial charge in [-0.2, -0.15) is 4.31 Å². The molecular weight excluding hydrogens is 444 g/mol. The normalized spacial score (nSPS) is 17.9. The number of halogens is 1. The van der Waals surface area contributed by atoms with Crippen LogP contribution in [0, 0.1) is 0 Å². The number of sulfonamides is 1. The van der Waals surface area contributed by atoms with E-state index in [1.54, 1.807) is 31.4 Å². The Labute approximate surface area is 174 Å². The second kappa shape index (κ2) is 9.07. The van der Waals surface area contributed by atoms with Crippen LogP contribution in [0.3, 0.4) is 0 Å². The van der Waals surface area contributed by atoms with Crippen LogP contribution in [0.5, 0.6) is 5.75 Å². The van der Waals surface area contributed by atoms with Gasteiger partial charge >= 0.3 is 0 Å². The summed E-state index contributed by atoms with van der Waals surface area (Å²) in [4.78, 5) is 13.0. The molecule has 0 saturated carbocycles. The van der Waals surface area contributed by atoms with E-state index < -0.39 is 16.1 Å². The van der Waals surface area contributed by atoms with E-state index in [1.165, 1.54) is 4.31 Å². The first-order valence-electron chi connectivity index (χ1n) is 9.10. The largest absolute Gasteiger partial charge is 0.496 e. The number of ether oxygens (including phenoxy) is 1. The minimum absolute atomic E-state index is 0.195. The zero-order valence-corrected chi connectivity index (χ0v) is 18.0. The van der Waals surface area contributed by atoms with Crippen molar-refractivity contribution in [1.29, 1.82) is 0 Å². The van der Waals surface area contributed by atoms with Gasteiger partial charge in [0.25, 0.3) is 0 Å². The maximum absolute atomic E-state index is 13.1. The van der Waals surface area contributed by atoms with Crippen LogP contribution in [0.15, 0.2) is 57.9 Å². The lowest BCUT2D eigenvalue weighted by molar-refractivity contribution is -0.125. The standard InChI is InChI=1S/C20H23BrN2O4S/c1-27-19-8-3-2-6-15(19)14-22-20(24)18-7-4-5-13-23(18)28(25,26)17-11-9-16(21)10-12-17/h2-3,6,8-12,18H,4-5,7,13-14H2,1H3,(H,22,24)/t18-/m0/s1. The molecule has 150 valence electrons. The lowest BCUT2D eigenvalue weighted by Gasteiger charge is -2.33. The van der Waals surface area contributed by atoms with Crippen molar-refractivity contribution < 1.29 is 17.9 Å². The van der Waals surface area contributed by atoms with Gasteiger partial charge in [0.05, 0.1) is 12.0 Å². The van der Waals surface area contributed by atoms with Crippen LogP contribution in [-0.4, -0.2) is 38.3 Å². The SMILES string of the molecule is COc1ccccc1CNC(=O)[C@@H]1CCCCN1S(=O)(=O)c1ccc(Br)cc1. The summed E-state index contributed by atoms with van der Waals surface area (Å²) in [5, 5.41) is 2.87. The molecule has 6 nitrogen and oxygen atoms in total. The topological polar surface area (TPSA) is 75.7 Å². The Kier molecular flexibility index (Phi) is 6.74. The molecule has 2 aromatic rings. The van der Waals surface area contributed by atoms with E-state index in [1.807, 2.05) is 24.3 Å². The van der Waals surface area contributed by atoms with Crippen LogP contribution in [-0.2, 0) is 21.4 Å². The number of piperidine rings is 1. The van der Waals surface area contributed by atoms with Gasteiger partial charge in [-0.1, -0.05) is 40.5 Å². The molecule has 1 saturated heterocycles. The minimum Gasteiger partial charge on any atom is -0.496 e. The third-order valence-electron chi connectivity index (χ3n) is 4.82. The number of amides is 1. The first-order valence-corrected chi connectivity index (χ1v) is 11.3.